The normalized spacial score (nSPS) is 11.7. The van der Waals surface area contributed by atoms with Gasteiger partial charge in [-0.3, -0.25) is 9.59 Å². The third-order valence-corrected chi connectivity index (χ3v) is 5.59. The van der Waals surface area contributed by atoms with E-state index in [-0.39, 0.29) is 25.0 Å². The van der Waals surface area contributed by atoms with Gasteiger partial charge >= 0.3 is 0 Å². The molecule has 6 nitrogen and oxygen atoms in total. The third-order valence-electron chi connectivity index (χ3n) is 4.80. The lowest BCUT2D eigenvalue weighted by Crippen LogP contribution is -2.50. The summed E-state index contributed by atoms with van der Waals surface area (Å²) in [7, 11) is 1.59. The van der Waals surface area contributed by atoms with Crippen LogP contribution in [-0.4, -0.2) is 43.0 Å². The molecule has 0 heterocycles. The number of nitrogens with zero attached hydrogens (tertiary/aromatic N) is 1. The number of amides is 2. The average molecular weight is 526 g/mol. The van der Waals surface area contributed by atoms with E-state index in [4.69, 9.17) is 21.1 Å². The monoisotopic (exact) mass is 524 g/mol. The summed E-state index contributed by atoms with van der Waals surface area (Å²) in [5.74, 6) is 0.909. The Labute approximate surface area is 203 Å². The smallest absolute Gasteiger partial charge is 0.261 e. The fraction of sp³-hybridized carbons (Fsp3) is 0.417. The third kappa shape index (κ3) is 7.71. The highest BCUT2D eigenvalue weighted by atomic mass is 79.9. The van der Waals surface area contributed by atoms with Gasteiger partial charge in [-0.05, 0) is 48.2 Å². The van der Waals surface area contributed by atoms with Gasteiger partial charge < -0.3 is 19.7 Å². The van der Waals surface area contributed by atoms with E-state index in [1.54, 1.807) is 30.2 Å². The summed E-state index contributed by atoms with van der Waals surface area (Å²) in [6, 6.07) is 12.0. The van der Waals surface area contributed by atoms with Crippen LogP contribution in [0.2, 0.25) is 5.02 Å². The molecule has 32 heavy (non-hydrogen) atoms. The highest BCUT2D eigenvalue weighted by Gasteiger charge is 2.29. The number of nitrogens with one attached hydrogen (secondary N) is 1. The van der Waals surface area contributed by atoms with Crippen LogP contribution < -0.4 is 14.8 Å². The fourth-order valence-electron chi connectivity index (χ4n) is 3.12. The summed E-state index contributed by atoms with van der Waals surface area (Å²) in [6.45, 7) is 6.49. The highest BCUT2D eigenvalue weighted by Crippen LogP contribution is 2.28. The Bertz CT molecular complexity index is 923. The van der Waals surface area contributed by atoms with Crippen molar-refractivity contribution in [2.45, 2.75) is 39.8 Å². The predicted molar refractivity (Wildman–Crippen MR) is 130 cm³/mol. The number of carbonyl (C=O) groups excluding carboxylic acids is 2. The molecule has 1 atom stereocenters. The number of methoxy groups -OCH3 is 1. The maximum absolute atomic E-state index is 13.2. The van der Waals surface area contributed by atoms with Crippen molar-refractivity contribution < 1.29 is 19.1 Å². The number of hydrogen-bond acceptors (Lipinski definition) is 4. The number of hydrogen-bond donors (Lipinski definition) is 1. The first-order valence-corrected chi connectivity index (χ1v) is 11.7. The van der Waals surface area contributed by atoms with E-state index < -0.39 is 6.04 Å². The Morgan fingerprint density at radius 3 is 2.56 bits per heavy atom. The van der Waals surface area contributed by atoms with Gasteiger partial charge in [0.05, 0.1) is 12.1 Å². The van der Waals surface area contributed by atoms with Crippen LogP contribution in [-0.2, 0) is 16.1 Å². The van der Waals surface area contributed by atoms with Crippen molar-refractivity contribution in [3.05, 3.63) is 57.5 Å². The number of benzene rings is 2. The molecule has 174 valence electrons. The second-order valence-corrected chi connectivity index (χ2v) is 9.12. The molecule has 2 aromatic carbocycles. The van der Waals surface area contributed by atoms with E-state index >= 15 is 0 Å². The summed E-state index contributed by atoms with van der Waals surface area (Å²) in [5.41, 5.74) is 0.856. The first-order valence-electron chi connectivity index (χ1n) is 10.5. The molecule has 0 fully saturated rings. The Kier molecular flexibility index (Phi) is 10.3. The molecule has 0 radical (unpaired) electrons. The summed E-state index contributed by atoms with van der Waals surface area (Å²) in [6.07, 6.45) is 0.471. The summed E-state index contributed by atoms with van der Waals surface area (Å²) in [4.78, 5) is 27.7. The predicted octanol–water partition coefficient (Wildman–Crippen LogP) is 5.07. The van der Waals surface area contributed by atoms with Crippen LogP contribution in [0.15, 0.2) is 46.9 Å². The van der Waals surface area contributed by atoms with Crippen LogP contribution in [0.5, 0.6) is 11.5 Å². The Balaban J connectivity index is 2.24. The molecule has 2 rings (SSSR count). The zero-order valence-electron chi connectivity index (χ0n) is 18.9. The van der Waals surface area contributed by atoms with Gasteiger partial charge in [0.2, 0.25) is 5.91 Å². The first-order chi connectivity index (χ1) is 15.2. The van der Waals surface area contributed by atoms with Gasteiger partial charge in [0, 0.05) is 17.6 Å². The number of rotatable bonds is 11. The maximum atomic E-state index is 13.2. The van der Waals surface area contributed by atoms with E-state index in [9.17, 15) is 9.59 Å². The minimum absolute atomic E-state index is 0.181. The van der Waals surface area contributed by atoms with Gasteiger partial charge in [-0.2, -0.15) is 0 Å². The lowest BCUT2D eigenvalue weighted by molar-refractivity contribution is -0.143. The lowest BCUT2D eigenvalue weighted by atomic mass is 10.1. The molecular formula is C24H30BrClN2O4. The first kappa shape index (κ1) is 26.0. The van der Waals surface area contributed by atoms with E-state index in [2.05, 4.69) is 21.2 Å². The van der Waals surface area contributed by atoms with Crippen molar-refractivity contribution in [2.75, 3.05) is 20.3 Å². The van der Waals surface area contributed by atoms with Crippen molar-refractivity contribution >= 4 is 39.3 Å². The van der Waals surface area contributed by atoms with Crippen LogP contribution in [0.3, 0.4) is 0 Å². The van der Waals surface area contributed by atoms with Gasteiger partial charge in [0.1, 0.15) is 17.5 Å². The molecule has 0 saturated carbocycles. The summed E-state index contributed by atoms with van der Waals surface area (Å²) in [5, 5.41) is 3.34. The zero-order valence-corrected chi connectivity index (χ0v) is 21.2. The van der Waals surface area contributed by atoms with E-state index in [0.29, 0.717) is 35.4 Å². The van der Waals surface area contributed by atoms with Crippen LogP contribution in [0, 0.1) is 5.92 Å². The molecule has 2 amide bonds. The Hall–Kier alpha value is -2.25. The summed E-state index contributed by atoms with van der Waals surface area (Å²) >= 11 is 9.56. The van der Waals surface area contributed by atoms with Crippen LogP contribution in [0.1, 0.15) is 32.8 Å². The number of halogens is 2. The SMILES string of the molecule is CC[C@H](C(=O)NCC(C)C)N(Cc1cccc(OC)c1)C(=O)COc1ccc(Br)cc1Cl. The van der Waals surface area contributed by atoms with Gasteiger partial charge in [0.15, 0.2) is 6.61 Å². The standard InChI is InChI=1S/C24H30BrClN2O4/c1-5-21(24(30)27-13-16(2)3)28(14-17-7-6-8-19(11-17)31-4)23(29)15-32-22-10-9-18(25)12-20(22)26/h6-12,16,21H,5,13-15H2,1-4H3,(H,27,30)/t21-/m1/s1. The minimum Gasteiger partial charge on any atom is -0.497 e. The molecule has 0 saturated heterocycles. The number of carbonyl (C=O) groups is 2. The second kappa shape index (κ2) is 12.7. The quantitative estimate of drug-likeness (QED) is 0.445. The Morgan fingerprint density at radius 2 is 1.94 bits per heavy atom. The molecule has 8 heteroatoms. The van der Waals surface area contributed by atoms with Crippen LogP contribution in [0.4, 0.5) is 0 Å². The largest absolute Gasteiger partial charge is 0.497 e. The molecule has 0 bridgehead atoms. The van der Waals surface area contributed by atoms with Crippen molar-refractivity contribution in [2.24, 2.45) is 5.92 Å². The van der Waals surface area contributed by atoms with E-state index in [1.807, 2.05) is 45.0 Å². The van der Waals surface area contributed by atoms with E-state index in [0.717, 1.165) is 10.0 Å². The molecular weight excluding hydrogens is 496 g/mol. The minimum atomic E-state index is -0.628. The average Bonchev–Trinajstić information content (AvgIpc) is 2.76. The lowest BCUT2D eigenvalue weighted by Gasteiger charge is -2.31. The topological polar surface area (TPSA) is 67.9 Å². The Morgan fingerprint density at radius 1 is 1.19 bits per heavy atom. The molecule has 0 aliphatic rings. The van der Waals surface area contributed by atoms with Crippen molar-refractivity contribution in [3.8, 4) is 11.5 Å². The fourth-order valence-corrected chi connectivity index (χ4v) is 3.85. The van der Waals surface area contributed by atoms with Crippen molar-refractivity contribution in [3.63, 3.8) is 0 Å². The molecule has 0 spiro atoms. The summed E-state index contributed by atoms with van der Waals surface area (Å²) < 4.78 is 11.8. The van der Waals surface area contributed by atoms with Gasteiger partial charge in [-0.25, -0.2) is 0 Å². The molecule has 0 aliphatic carbocycles. The molecule has 0 unspecified atom stereocenters. The van der Waals surface area contributed by atoms with Crippen molar-refractivity contribution in [1.82, 2.24) is 10.2 Å². The van der Waals surface area contributed by atoms with Gasteiger partial charge in [0.25, 0.3) is 5.91 Å². The molecule has 2 aromatic rings. The second-order valence-electron chi connectivity index (χ2n) is 7.80. The number of ether oxygens (including phenoxy) is 2. The molecule has 0 aromatic heterocycles. The van der Waals surface area contributed by atoms with Gasteiger partial charge in [-0.15, -0.1) is 0 Å². The van der Waals surface area contributed by atoms with Crippen LogP contribution in [0.25, 0.3) is 0 Å². The molecule has 0 aliphatic heterocycles. The van der Waals surface area contributed by atoms with E-state index in [1.165, 1.54) is 0 Å². The van der Waals surface area contributed by atoms with Crippen molar-refractivity contribution in [1.29, 1.82) is 0 Å². The van der Waals surface area contributed by atoms with Gasteiger partial charge in [-0.1, -0.05) is 60.4 Å². The maximum Gasteiger partial charge on any atom is 0.261 e. The highest BCUT2D eigenvalue weighted by molar-refractivity contribution is 9.10. The zero-order chi connectivity index (χ0) is 23.7. The molecule has 1 N–H and O–H groups in total. The van der Waals surface area contributed by atoms with Crippen LogP contribution >= 0.6 is 27.5 Å².